The maximum absolute atomic E-state index is 14.9. The van der Waals surface area contributed by atoms with E-state index in [0.717, 1.165) is 51.4 Å². The number of allylic oxidation sites excluding steroid dienone is 1. The molecule has 2 aliphatic carbocycles. The van der Waals surface area contributed by atoms with Gasteiger partial charge in [-0.05, 0) is 50.3 Å². The van der Waals surface area contributed by atoms with Crippen LogP contribution in [0.5, 0.6) is 0 Å². The van der Waals surface area contributed by atoms with Crippen LogP contribution in [-0.2, 0) is 14.1 Å². The molecular weight excluding hydrogens is 628 g/mol. The zero-order valence-electron chi connectivity index (χ0n) is 23.3. The smallest absolute Gasteiger partial charge is 0.338 e. The van der Waals surface area contributed by atoms with Crippen LogP contribution in [-0.4, -0.2) is 41.6 Å². The molecule has 2 saturated carbocycles. The molecule has 0 amide bonds. The van der Waals surface area contributed by atoms with E-state index in [4.69, 9.17) is 9.73 Å². The number of halogens is 2. The summed E-state index contributed by atoms with van der Waals surface area (Å²) in [5, 5.41) is 12.9. The molecule has 222 valence electrons. The fraction of sp³-hybridized carbons (Fsp3) is 0.552. The second kappa shape index (κ2) is 14.0. The second-order valence-corrected chi connectivity index (χ2v) is 15.0. The zero-order chi connectivity index (χ0) is 28.8. The molecule has 1 aromatic heterocycles. The number of aliphatic imine (C=N–C) groups is 1. The molecule has 0 saturated heterocycles. The monoisotopic (exact) mass is 665 g/mol. The Balaban J connectivity index is 1.58. The highest BCUT2D eigenvalue weighted by Crippen LogP contribution is 2.46. The van der Waals surface area contributed by atoms with Gasteiger partial charge in [0.15, 0.2) is 10.8 Å². The highest BCUT2D eigenvalue weighted by Gasteiger charge is 2.38. The fourth-order valence-electron chi connectivity index (χ4n) is 5.97. The van der Waals surface area contributed by atoms with E-state index in [1.165, 1.54) is 36.3 Å². The molecule has 3 N–H and O–H groups in total. The molecule has 8 nitrogen and oxygen atoms in total. The summed E-state index contributed by atoms with van der Waals surface area (Å²) < 4.78 is 35.0. The molecule has 41 heavy (non-hydrogen) atoms. The van der Waals surface area contributed by atoms with E-state index in [-0.39, 0.29) is 30.4 Å². The SMILES string of the molecule is CCOC(=O)C1=C(CP(=O)(NC2CCCCC2)NC2CCCCC2)NC(c2nccs2)=NC1c1ccc(F)cc1Br. The predicted molar refractivity (Wildman–Crippen MR) is 165 cm³/mol. The number of benzene rings is 1. The molecule has 1 unspecified atom stereocenters. The van der Waals surface area contributed by atoms with Crippen molar-refractivity contribution in [2.24, 2.45) is 4.99 Å². The van der Waals surface area contributed by atoms with Crippen LogP contribution in [0.1, 0.15) is 87.7 Å². The van der Waals surface area contributed by atoms with Gasteiger partial charge in [0.2, 0.25) is 7.44 Å². The largest absolute Gasteiger partial charge is 0.463 e. The number of esters is 1. The van der Waals surface area contributed by atoms with Crippen molar-refractivity contribution in [2.45, 2.75) is 89.3 Å². The second-order valence-electron chi connectivity index (χ2n) is 10.9. The van der Waals surface area contributed by atoms with Crippen LogP contribution in [0.15, 0.2) is 50.5 Å². The highest BCUT2D eigenvalue weighted by molar-refractivity contribution is 9.10. The van der Waals surface area contributed by atoms with Crippen molar-refractivity contribution in [1.29, 1.82) is 0 Å². The number of carbonyl (C=O) groups is 1. The number of aromatic nitrogens is 1. The summed E-state index contributed by atoms with van der Waals surface area (Å²) in [6.07, 6.45) is 12.5. The van der Waals surface area contributed by atoms with Gasteiger partial charge in [-0.2, -0.15) is 0 Å². The standard InChI is InChI=1S/C29H38BrFN5O3PS/c1-2-39-29(37)25-24(18-40(38,35-20-9-5-3-6-10-20)36-21-11-7-4-8-12-21)33-27(28-32-15-16-41-28)34-26(25)22-14-13-19(31)17-23(22)30/h13-17,20-21,26H,2-12,18H2,1H3,(H,33,34)(H2,35,36,38). The number of hydrogen-bond acceptors (Lipinski definition) is 7. The Morgan fingerprint density at radius 3 is 2.34 bits per heavy atom. The van der Waals surface area contributed by atoms with Crippen molar-refractivity contribution in [2.75, 3.05) is 12.8 Å². The summed E-state index contributed by atoms with van der Waals surface area (Å²) in [7, 11) is -3.23. The molecule has 2 aromatic rings. The quantitative estimate of drug-likeness (QED) is 0.186. The van der Waals surface area contributed by atoms with Crippen molar-refractivity contribution < 1.29 is 18.5 Å². The van der Waals surface area contributed by atoms with Gasteiger partial charge in [0, 0.05) is 33.8 Å². The Hall–Kier alpha value is -1.91. The molecular formula is C29H38BrFN5O3PS. The van der Waals surface area contributed by atoms with Gasteiger partial charge in [0.1, 0.15) is 11.9 Å². The third-order valence-electron chi connectivity index (χ3n) is 7.89. The van der Waals surface area contributed by atoms with E-state index in [1.54, 1.807) is 19.2 Å². The van der Waals surface area contributed by atoms with Gasteiger partial charge in [-0.3, -0.25) is 19.7 Å². The molecule has 12 heteroatoms. The summed E-state index contributed by atoms with van der Waals surface area (Å²) in [4.78, 5) is 22.9. The van der Waals surface area contributed by atoms with Crippen LogP contribution in [0.25, 0.3) is 0 Å². The fourth-order valence-corrected chi connectivity index (χ4v) is 9.77. The predicted octanol–water partition coefficient (Wildman–Crippen LogP) is 6.99. The van der Waals surface area contributed by atoms with Gasteiger partial charge in [0.25, 0.3) is 0 Å². The number of thiazole rings is 1. The van der Waals surface area contributed by atoms with Gasteiger partial charge >= 0.3 is 5.97 Å². The number of rotatable bonds is 10. The molecule has 3 aliphatic rings. The lowest BCUT2D eigenvalue weighted by atomic mass is 9.96. The molecule has 2 fully saturated rings. The molecule has 0 bridgehead atoms. The normalized spacial score (nSPS) is 21.0. The summed E-state index contributed by atoms with van der Waals surface area (Å²) in [5.74, 6) is -0.468. The summed E-state index contributed by atoms with van der Waals surface area (Å²) in [6.45, 7) is 1.93. The van der Waals surface area contributed by atoms with Gasteiger partial charge in [-0.25, -0.2) is 14.2 Å². The maximum Gasteiger partial charge on any atom is 0.338 e. The Kier molecular flexibility index (Phi) is 10.5. The van der Waals surface area contributed by atoms with E-state index in [2.05, 4.69) is 36.4 Å². The average molecular weight is 667 g/mol. The number of hydrogen-bond donors (Lipinski definition) is 3. The molecule has 1 atom stereocenters. The zero-order valence-corrected chi connectivity index (χ0v) is 26.6. The number of carbonyl (C=O) groups excluding carboxylic acids is 1. The van der Waals surface area contributed by atoms with Crippen LogP contribution < -0.4 is 15.5 Å². The van der Waals surface area contributed by atoms with Crippen molar-refractivity contribution in [1.82, 2.24) is 20.5 Å². The van der Waals surface area contributed by atoms with Crippen LogP contribution in [0, 0.1) is 5.82 Å². The lowest BCUT2D eigenvalue weighted by molar-refractivity contribution is -0.138. The van der Waals surface area contributed by atoms with Crippen LogP contribution in [0.3, 0.4) is 0 Å². The molecule has 0 radical (unpaired) electrons. The van der Waals surface area contributed by atoms with E-state index < -0.39 is 25.3 Å². The first kappa shape index (κ1) is 30.5. The molecule has 0 spiro atoms. The van der Waals surface area contributed by atoms with E-state index in [9.17, 15) is 13.8 Å². The minimum atomic E-state index is -3.23. The molecule has 1 aliphatic heterocycles. The van der Waals surface area contributed by atoms with Crippen LogP contribution in [0.2, 0.25) is 0 Å². The van der Waals surface area contributed by atoms with Crippen molar-refractivity contribution in [3.8, 4) is 0 Å². The van der Waals surface area contributed by atoms with E-state index in [0.29, 0.717) is 26.6 Å². The van der Waals surface area contributed by atoms with Crippen LogP contribution >= 0.6 is 34.7 Å². The van der Waals surface area contributed by atoms with Gasteiger partial charge < -0.3 is 10.1 Å². The van der Waals surface area contributed by atoms with Crippen molar-refractivity contribution >= 4 is 46.5 Å². The average Bonchev–Trinajstić information content (AvgIpc) is 3.49. The summed E-state index contributed by atoms with van der Waals surface area (Å²) in [5.41, 5.74) is 1.37. The highest BCUT2D eigenvalue weighted by atomic mass is 79.9. The Labute approximate surface area is 253 Å². The minimum Gasteiger partial charge on any atom is -0.463 e. The first-order chi connectivity index (χ1) is 19.8. The third kappa shape index (κ3) is 7.73. The van der Waals surface area contributed by atoms with Gasteiger partial charge in [-0.15, -0.1) is 11.3 Å². The Bertz CT molecular complexity index is 1300. The molecule has 1 aromatic carbocycles. The first-order valence-corrected chi connectivity index (χ1v) is 18.2. The topological polar surface area (TPSA) is 105 Å². The number of nitrogens with one attached hydrogen (secondary N) is 3. The Morgan fingerprint density at radius 1 is 1.12 bits per heavy atom. The summed E-state index contributed by atoms with van der Waals surface area (Å²) in [6, 6.07) is 3.82. The number of nitrogens with zero attached hydrogens (tertiary/aromatic N) is 2. The first-order valence-electron chi connectivity index (χ1n) is 14.6. The van der Waals surface area contributed by atoms with E-state index in [1.807, 2.05) is 5.38 Å². The molecule has 5 rings (SSSR count). The number of amidine groups is 1. The lowest BCUT2D eigenvalue weighted by Crippen LogP contribution is -2.42. The number of ether oxygens (including phenoxy) is 1. The van der Waals surface area contributed by atoms with Crippen LogP contribution in [0.4, 0.5) is 4.39 Å². The lowest BCUT2D eigenvalue weighted by Gasteiger charge is -2.35. The van der Waals surface area contributed by atoms with Gasteiger partial charge in [-0.1, -0.05) is 60.5 Å². The third-order valence-corrected chi connectivity index (χ3v) is 11.7. The summed E-state index contributed by atoms with van der Waals surface area (Å²) >= 11 is 4.90. The minimum absolute atomic E-state index is 0.0772. The Morgan fingerprint density at radius 2 is 1.78 bits per heavy atom. The van der Waals surface area contributed by atoms with E-state index >= 15 is 0 Å². The van der Waals surface area contributed by atoms with Crippen molar-refractivity contribution in [3.63, 3.8) is 0 Å². The van der Waals surface area contributed by atoms with Gasteiger partial charge in [0.05, 0.1) is 18.3 Å². The molecule has 2 heterocycles. The maximum atomic E-state index is 14.9. The van der Waals surface area contributed by atoms with Crippen molar-refractivity contribution in [3.05, 3.63) is 61.9 Å².